The van der Waals surface area contributed by atoms with Crippen LogP contribution >= 0.6 is 0 Å². The molecule has 2 aromatic heterocycles. The first-order chi connectivity index (χ1) is 17.6. The van der Waals surface area contributed by atoms with Crippen LogP contribution in [0.5, 0.6) is 0 Å². The van der Waals surface area contributed by atoms with Crippen molar-refractivity contribution in [3.63, 3.8) is 0 Å². The molecule has 0 bridgehead atoms. The second-order valence-electron chi connectivity index (χ2n) is 9.16. The van der Waals surface area contributed by atoms with Gasteiger partial charge in [0.05, 0.1) is 35.6 Å². The quantitative estimate of drug-likeness (QED) is 0.387. The molecule has 2 atom stereocenters. The number of aliphatic hydroxyl groups excluding tert-OH is 1. The predicted molar refractivity (Wildman–Crippen MR) is 127 cm³/mol. The van der Waals surface area contributed by atoms with Crippen LogP contribution in [0.2, 0.25) is 0 Å². The fourth-order valence-corrected chi connectivity index (χ4v) is 5.07. The molecule has 11 heteroatoms. The van der Waals surface area contributed by atoms with Crippen molar-refractivity contribution < 1.29 is 38.4 Å². The SMILES string of the molecule is CC[C@@]1(O)C(=O)OCc2c1cc1n(c2=O)Cc2c-1nc1cc(F)c(C)cc1c2[C@@H](C)OC(=O)OCCO. The minimum Gasteiger partial charge on any atom is -0.458 e. The fraction of sp³-hybridized carbons (Fsp3) is 0.385. The van der Waals surface area contributed by atoms with E-state index in [0.717, 1.165) is 0 Å². The maximum atomic E-state index is 14.5. The molecule has 0 saturated carbocycles. The molecule has 0 aliphatic carbocycles. The second-order valence-corrected chi connectivity index (χ2v) is 9.16. The maximum absolute atomic E-state index is 14.5. The van der Waals surface area contributed by atoms with E-state index in [1.54, 1.807) is 32.9 Å². The van der Waals surface area contributed by atoms with E-state index >= 15 is 0 Å². The van der Waals surface area contributed by atoms with Crippen molar-refractivity contribution in [2.45, 2.75) is 52.0 Å². The zero-order valence-corrected chi connectivity index (χ0v) is 20.5. The highest BCUT2D eigenvalue weighted by Gasteiger charge is 2.45. The van der Waals surface area contributed by atoms with Gasteiger partial charge >= 0.3 is 12.1 Å². The molecule has 194 valence electrons. The summed E-state index contributed by atoms with van der Waals surface area (Å²) in [4.78, 5) is 42.7. The molecule has 1 aromatic carbocycles. The number of aryl methyl sites for hydroxylation is 1. The van der Waals surface area contributed by atoms with E-state index in [4.69, 9.17) is 19.3 Å². The lowest BCUT2D eigenvalue weighted by molar-refractivity contribution is -0.172. The van der Waals surface area contributed by atoms with Crippen LogP contribution < -0.4 is 5.56 Å². The molecule has 2 aliphatic rings. The lowest BCUT2D eigenvalue weighted by Crippen LogP contribution is -2.44. The smallest absolute Gasteiger partial charge is 0.458 e. The van der Waals surface area contributed by atoms with Crippen LogP contribution in [0.1, 0.15) is 54.2 Å². The third-order valence-electron chi connectivity index (χ3n) is 7.00. The molecule has 0 fully saturated rings. The molecule has 0 radical (unpaired) electrons. The van der Waals surface area contributed by atoms with E-state index in [1.165, 1.54) is 10.6 Å². The molecule has 4 heterocycles. The number of benzene rings is 1. The monoisotopic (exact) mass is 512 g/mol. The zero-order chi connectivity index (χ0) is 26.6. The molecule has 0 saturated heterocycles. The number of esters is 1. The van der Waals surface area contributed by atoms with E-state index in [0.29, 0.717) is 33.5 Å². The Kier molecular flexibility index (Phi) is 5.99. The van der Waals surface area contributed by atoms with Gasteiger partial charge in [0.2, 0.25) is 0 Å². The van der Waals surface area contributed by atoms with E-state index in [9.17, 15) is 23.9 Å². The Balaban J connectivity index is 1.74. The summed E-state index contributed by atoms with van der Waals surface area (Å²) in [5.74, 6) is -1.32. The van der Waals surface area contributed by atoms with Crippen molar-refractivity contribution in [1.82, 2.24) is 9.55 Å². The molecule has 3 aromatic rings. The molecule has 0 amide bonds. The average molecular weight is 512 g/mol. The molecular weight excluding hydrogens is 487 g/mol. The van der Waals surface area contributed by atoms with Gasteiger partial charge in [0, 0.05) is 28.1 Å². The number of aliphatic hydroxyl groups is 2. The number of hydrogen-bond donors (Lipinski definition) is 2. The van der Waals surface area contributed by atoms with Crippen LogP contribution in [0.4, 0.5) is 9.18 Å². The Morgan fingerprint density at radius 1 is 1.30 bits per heavy atom. The first kappa shape index (κ1) is 24.8. The van der Waals surface area contributed by atoms with Crippen molar-refractivity contribution >= 4 is 23.0 Å². The first-order valence-corrected chi connectivity index (χ1v) is 11.8. The number of hydrogen-bond acceptors (Lipinski definition) is 9. The van der Waals surface area contributed by atoms with Crippen molar-refractivity contribution in [1.29, 1.82) is 0 Å². The third-order valence-corrected chi connectivity index (χ3v) is 7.00. The van der Waals surface area contributed by atoms with Crippen LogP contribution in [0.15, 0.2) is 23.0 Å². The molecule has 10 nitrogen and oxygen atoms in total. The molecule has 5 rings (SSSR count). The standard InChI is InChI=1S/C26H25FN2O8/c1-4-26(34)17-8-20-22-15(10-29(20)23(31)16(17)11-36-24(26)32)21(13(3)37-25(33)35-6-5-30)14-7-12(2)18(27)9-19(14)28-22/h7-9,13,30,34H,4-6,10-11H2,1-3H3/t13-,26+/m1/s1. The number of aromatic nitrogens is 2. The van der Waals surface area contributed by atoms with Crippen LogP contribution in [0, 0.1) is 12.7 Å². The van der Waals surface area contributed by atoms with Crippen molar-refractivity contribution in [3.8, 4) is 11.4 Å². The lowest BCUT2D eigenvalue weighted by atomic mass is 9.86. The summed E-state index contributed by atoms with van der Waals surface area (Å²) in [5.41, 5.74) is 0.324. The minimum atomic E-state index is -1.99. The van der Waals surface area contributed by atoms with Gasteiger partial charge in [-0.2, -0.15) is 0 Å². The predicted octanol–water partition coefficient (Wildman–Crippen LogP) is 2.73. The van der Waals surface area contributed by atoms with Crippen molar-refractivity contribution in [2.24, 2.45) is 0 Å². The van der Waals surface area contributed by atoms with Gasteiger partial charge in [-0.25, -0.2) is 19.0 Å². The summed E-state index contributed by atoms with van der Waals surface area (Å²) in [6, 6.07) is 4.43. The summed E-state index contributed by atoms with van der Waals surface area (Å²) in [6.07, 6.45) is -1.88. The zero-order valence-electron chi connectivity index (χ0n) is 20.5. The van der Waals surface area contributed by atoms with E-state index in [1.807, 2.05) is 0 Å². The van der Waals surface area contributed by atoms with Gasteiger partial charge in [-0.15, -0.1) is 0 Å². The Bertz CT molecular complexity index is 1530. The summed E-state index contributed by atoms with van der Waals surface area (Å²) in [6.45, 7) is 4.03. The fourth-order valence-electron chi connectivity index (χ4n) is 5.07. The van der Waals surface area contributed by atoms with Gasteiger partial charge in [0.25, 0.3) is 5.56 Å². The highest BCUT2D eigenvalue weighted by Crippen LogP contribution is 2.42. The number of carbonyl (C=O) groups excluding carboxylic acids is 2. The Morgan fingerprint density at radius 2 is 2.05 bits per heavy atom. The van der Waals surface area contributed by atoms with Gasteiger partial charge in [-0.05, 0) is 38.0 Å². The number of carbonyl (C=O) groups is 2. The van der Waals surface area contributed by atoms with E-state index in [-0.39, 0.29) is 49.4 Å². The Hall–Kier alpha value is -3.83. The Morgan fingerprint density at radius 3 is 2.76 bits per heavy atom. The highest BCUT2D eigenvalue weighted by atomic mass is 19.1. The van der Waals surface area contributed by atoms with Crippen molar-refractivity contribution in [3.05, 3.63) is 62.2 Å². The van der Waals surface area contributed by atoms with Gasteiger partial charge in [-0.3, -0.25) is 4.79 Å². The van der Waals surface area contributed by atoms with Crippen LogP contribution in [0.3, 0.4) is 0 Å². The molecule has 0 spiro atoms. The number of nitrogens with zero attached hydrogens (tertiary/aromatic N) is 2. The van der Waals surface area contributed by atoms with Crippen LogP contribution in [-0.4, -0.2) is 45.1 Å². The van der Waals surface area contributed by atoms with E-state index in [2.05, 4.69) is 4.98 Å². The number of cyclic esters (lactones) is 1. The number of fused-ring (bicyclic) bond motifs is 5. The topological polar surface area (TPSA) is 137 Å². The van der Waals surface area contributed by atoms with Crippen molar-refractivity contribution in [2.75, 3.05) is 13.2 Å². The summed E-state index contributed by atoms with van der Waals surface area (Å²) in [5, 5.41) is 20.5. The van der Waals surface area contributed by atoms with Crippen LogP contribution in [0.25, 0.3) is 22.3 Å². The molecule has 2 aliphatic heterocycles. The number of ether oxygens (including phenoxy) is 3. The average Bonchev–Trinajstić information content (AvgIpc) is 3.23. The minimum absolute atomic E-state index is 0.00367. The van der Waals surface area contributed by atoms with Crippen LogP contribution in [-0.2, 0) is 37.8 Å². The largest absolute Gasteiger partial charge is 0.508 e. The molecule has 0 unspecified atom stereocenters. The van der Waals surface area contributed by atoms with Gasteiger partial charge in [-0.1, -0.05) is 6.92 Å². The first-order valence-electron chi connectivity index (χ1n) is 11.8. The normalized spacial score (nSPS) is 18.6. The molecular formula is C26H25FN2O8. The highest BCUT2D eigenvalue weighted by molar-refractivity contribution is 5.90. The summed E-state index contributed by atoms with van der Waals surface area (Å²) >= 11 is 0. The number of halogens is 1. The maximum Gasteiger partial charge on any atom is 0.508 e. The third kappa shape index (κ3) is 3.77. The summed E-state index contributed by atoms with van der Waals surface area (Å²) in [7, 11) is 0. The number of rotatable bonds is 5. The van der Waals surface area contributed by atoms with E-state index < -0.39 is 35.2 Å². The Labute approximate surface area is 210 Å². The van der Waals surface area contributed by atoms with Gasteiger partial charge in [0.15, 0.2) is 5.60 Å². The van der Waals surface area contributed by atoms with Gasteiger partial charge in [0.1, 0.15) is 25.1 Å². The van der Waals surface area contributed by atoms with Gasteiger partial charge < -0.3 is 29.0 Å². The second kappa shape index (κ2) is 8.93. The molecule has 2 N–H and O–H groups in total. The lowest BCUT2D eigenvalue weighted by Gasteiger charge is -2.31. The molecule has 37 heavy (non-hydrogen) atoms. The summed E-state index contributed by atoms with van der Waals surface area (Å²) < 4.78 is 31.4. The number of pyridine rings is 2.